The summed E-state index contributed by atoms with van der Waals surface area (Å²) in [5, 5.41) is 10.6. The lowest BCUT2D eigenvalue weighted by molar-refractivity contribution is 0.102. The number of aromatic nitrogens is 4. The van der Waals surface area contributed by atoms with Crippen LogP contribution in [0.3, 0.4) is 0 Å². The van der Waals surface area contributed by atoms with Crippen LogP contribution in [0.4, 0.5) is 6.01 Å². The van der Waals surface area contributed by atoms with Crippen LogP contribution in [-0.2, 0) is 6.54 Å². The van der Waals surface area contributed by atoms with Crippen LogP contribution in [-0.4, -0.2) is 25.8 Å². The summed E-state index contributed by atoms with van der Waals surface area (Å²) in [5.74, 6) is 0.187. The molecule has 23 heavy (non-hydrogen) atoms. The predicted molar refractivity (Wildman–Crippen MR) is 84.2 cm³/mol. The molecule has 1 N–H and O–H groups in total. The van der Waals surface area contributed by atoms with E-state index < -0.39 is 0 Å². The fourth-order valence-corrected chi connectivity index (χ4v) is 2.29. The Kier molecular flexibility index (Phi) is 3.92. The fourth-order valence-electron chi connectivity index (χ4n) is 2.29. The van der Waals surface area contributed by atoms with Crippen LogP contribution in [0.2, 0.25) is 0 Å². The molecule has 7 heteroatoms. The first-order chi connectivity index (χ1) is 11.0. The lowest BCUT2D eigenvalue weighted by Crippen LogP contribution is -2.12. The van der Waals surface area contributed by atoms with E-state index in [1.807, 2.05) is 36.7 Å². The molecule has 0 saturated carbocycles. The number of rotatable bonds is 4. The Bertz CT molecular complexity index is 833. The number of aryl methyl sites for hydroxylation is 3. The van der Waals surface area contributed by atoms with Crippen molar-refractivity contribution in [3.05, 3.63) is 58.7 Å². The highest BCUT2D eigenvalue weighted by molar-refractivity contribution is 6.03. The van der Waals surface area contributed by atoms with Crippen LogP contribution in [0.25, 0.3) is 0 Å². The van der Waals surface area contributed by atoms with E-state index in [0.29, 0.717) is 17.9 Å². The Balaban J connectivity index is 1.69. The van der Waals surface area contributed by atoms with Crippen molar-refractivity contribution >= 4 is 11.9 Å². The van der Waals surface area contributed by atoms with Crippen molar-refractivity contribution in [1.82, 2.24) is 19.9 Å². The van der Waals surface area contributed by atoms with Crippen molar-refractivity contribution in [3.63, 3.8) is 0 Å². The number of hydrogen-bond donors (Lipinski definition) is 1. The van der Waals surface area contributed by atoms with Gasteiger partial charge in [-0.3, -0.25) is 14.8 Å². The summed E-state index contributed by atoms with van der Waals surface area (Å²) >= 11 is 0. The molecule has 0 fully saturated rings. The predicted octanol–water partition coefficient (Wildman–Crippen LogP) is 2.49. The molecule has 3 rings (SSSR count). The molecule has 1 amide bonds. The van der Waals surface area contributed by atoms with E-state index in [9.17, 15) is 4.79 Å². The number of nitrogens with zero attached hydrogens (tertiary/aromatic N) is 4. The SMILES string of the molecule is Cc1cc(C)n(Cc2ccc(C(=O)Nc3nc(C)no3)cc2)n1. The average molecular weight is 311 g/mol. The van der Waals surface area contributed by atoms with Gasteiger partial charge in [-0.2, -0.15) is 10.1 Å². The van der Waals surface area contributed by atoms with Crippen LogP contribution >= 0.6 is 0 Å². The molecule has 0 spiro atoms. The number of carbonyl (C=O) groups excluding carboxylic acids is 1. The summed E-state index contributed by atoms with van der Waals surface area (Å²) in [6, 6.07) is 9.47. The number of hydrogen-bond acceptors (Lipinski definition) is 5. The quantitative estimate of drug-likeness (QED) is 0.800. The first-order valence-electron chi connectivity index (χ1n) is 7.23. The van der Waals surface area contributed by atoms with Gasteiger partial charge in [0.15, 0.2) is 5.82 Å². The Morgan fingerprint density at radius 2 is 1.96 bits per heavy atom. The third kappa shape index (κ3) is 3.45. The molecule has 0 atom stereocenters. The first-order valence-corrected chi connectivity index (χ1v) is 7.23. The Hall–Kier alpha value is -2.96. The topological polar surface area (TPSA) is 85.8 Å². The molecule has 0 saturated heterocycles. The van der Waals surface area contributed by atoms with Crippen LogP contribution < -0.4 is 5.32 Å². The molecule has 7 nitrogen and oxygen atoms in total. The lowest BCUT2D eigenvalue weighted by atomic mass is 10.1. The second-order valence-electron chi connectivity index (χ2n) is 5.38. The third-order valence-corrected chi connectivity index (χ3v) is 3.40. The third-order valence-electron chi connectivity index (χ3n) is 3.40. The summed E-state index contributed by atoms with van der Waals surface area (Å²) in [6.45, 7) is 6.35. The van der Waals surface area contributed by atoms with E-state index in [1.165, 1.54) is 0 Å². The van der Waals surface area contributed by atoms with E-state index >= 15 is 0 Å². The number of benzene rings is 1. The summed E-state index contributed by atoms with van der Waals surface area (Å²) in [5.41, 5.74) is 3.70. The molecule has 1 aromatic carbocycles. The molecule has 0 radical (unpaired) electrons. The maximum atomic E-state index is 12.1. The van der Waals surface area contributed by atoms with Gasteiger partial charge < -0.3 is 4.52 Å². The normalized spacial score (nSPS) is 10.7. The molecule has 2 heterocycles. The zero-order valence-corrected chi connectivity index (χ0v) is 13.2. The molecular weight excluding hydrogens is 294 g/mol. The number of anilines is 1. The zero-order chi connectivity index (χ0) is 16.4. The molecule has 0 aliphatic carbocycles. The van der Waals surface area contributed by atoms with Crippen molar-refractivity contribution in [2.45, 2.75) is 27.3 Å². The minimum atomic E-state index is -0.286. The molecular formula is C16H17N5O2. The summed E-state index contributed by atoms with van der Waals surface area (Å²) < 4.78 is 6.81. The molecule has 0 bridgehead atoms. The second kappa shape index (κ2) is 6.04. The van der Waals surface area contributed by atoms with Crippen LogP contribution in [0.5, 0.6) is 0 Å². The van der Waals surface area contributed by atoms with E-state index in [4.69, 9.17) is 4.52 Å². The molecule has 118 valence electrons. The number of carbonyl (C=O) groups is 1. The minimum absolute atomic E-state index is 0.0965. The van der Waals surface area contributed by atoms with Crippen molar-refractivity contribution in [2.75, 3.05) is 5.32 Å². The highest BCUT2D eigenvalue weighted by Gasteiger charge is 2.10. The smallest absolute Gasteiger partial charge is 0.315 e. The molecule has 3 aromatic rings. The van der Waals surface area contributed by atoms with Gasteiger partial charge in [-0.05, 0) is 44.5 Å². The van der Waals surface area contributed by atoms with Gasteiger partial charge in [-0.25, -0.2) is 0 Å². The van der Waals surface area contributed by atoms with Crippen molar-refractivity contribution < 1.29 is 9.32 Å². The zero-order valence-electron chi connectivity index (χ0n) is 13.2. The Labute approximate surface area is 133 Å². The Morgan fingerprint density at radius 1 is 1.22 bits per heavy atom. The van der Waals surface area contributed by atoms with Crippen LogP contribution in [0, 0.1) is 20.8 Å². The van der Waals surface area contributed by atoms with E-state index in [1.54, 1.807) is 19.1 Å². The van der Waals surface area contributed by atoms with Crippen LogP contribution in [0.1, 0.15) is 33.1 Å². The van der Waals surface area contributed by atoms with Gasteiger partial charge in [0.25, 0.3) is 5.91 Å². The van der Waals surface area contributed by atoms with Gasteiger partial charge in [0.05, 0.1) is 12.2 Å². The minimum Gasteiger partial charge on any atom is -0.315 e. The monoisotopic (exact) mass is 311 g/mol. The van der Waals surface area contributed by atoms with Crippen molar-refractivity contribution in [3.8, 4) is 0 Å². The summed E-state index contributed by atoms with van der Waals surface area (Å²) in [4.78, 5) is 16.0. The molecule has 2 aromatic heterocycles. The van der Waals surface area contributed by atoms with Gasteiger partial charge in [-0.15, -0.1) is 0 Å². The molecule has 0 unspecified atom stereocenters. The molecule has 0 aliphatic heterocycles. The number of nitrogens with one attached hydrogen (secondary N) is 1. The lowest BCUT2D eigenvalue weighted by Gasteiger charge is -2.06. The number of amides is 1. The largest absolute Gasteiger partial charge is 0.328 e. The van der Waals surface area contributed by atoms with Crippen molar-refractivity contribution in [2.24, 2.45) is 0 Å². The van der Waals surface area contributed by atoms with Gasteiger partial charge in [-0.1, -0.05) is 17.3 Å². The van der Waals surface area contributed by atoms with Gasteiger partial charge in [0, 0.05) is 11.3 Å². The standard InChI is InChI=1S/C16H17N5O2/c1-10-8-11(2)21(19-10)9-13-4-6-14(7-5-13)15(22)18-16-17-12(3)20-23-16/h4-8H,9H2,1-3H3,(H,17,18,20,22). The summed E-state index contributed by atoms with van der Waals surface area (Å²) in [6.07, 6.45) is 0. The average Bonchev–Trinajstić information content (AvgIpc) is 3.05. The van der Waals surface area contributed by atoms with E-state index in [-0.39, 0.29) is 11.9 Å². The van der Waals surface area contributed by atoms with Gasteiger partial charge >= 0.3 is 6.01 Å². The van der Waals surface area contributed by atoms with Crippen molar-refractivity contribution in [1.29, 1.82) is 0 Å². The summed E-state index contributed by atoms with van der Waals surface area (Å²) in [7, 11) is 0. The maximum Gasteiger partial charge on any atom is 0.328 e. The highest BCUT2D eigenvalue weighted by atomic mass is 16.5. The van der Waals surface area contributed by atoms with Crippen LogP contribution in [0.15, 0.2) is 34.9 Å². The second-order valence-corrected chi connectivity index (χ2v) is 5.38. The molecule has 0 aliphatic rings. The first kappa shape index (κ1) is 15.0. The maximum absolute atomic E-state index is 12.1. The Morgan fingerprint density at radius 3 is 2.52 bits per heavy atom. The van der Waals surface area contributed by atoms with Gasteiger partial charge in [0.2, 0.25) is 0 Å². The highest BCUT2D eigenvalue weighted by Crippen LogP contribution is 2.11. The van der Waals surface area contributed by atoms with E-state index in [2.05, 4.69) is 20.6 Å². The van der Waals surface area contributed by atoms with E-state index in [0.717, 1.165) is 17.0 Å². The van der Waals surface area contributed by atoms with Gasteiger partial charge in [0.1, 0.15) is 0 Å². The fraction of sp³-hybridized carbons (Fsp3) is 0.250.